The van der Waals surface area contributed by atoms with E-state index >= 15 is 4.39 Å². The number of amides is 1. The van der Waals surface area contributed by atoms with E-state index in [1.807, 2.05) is 6.07 Å². The normalized spacial score (nSPS) is 17.2. The molecule has 4 N–H and O–H groups in total. The largest absolute Gasteiger partial charge is 0.460 e. The number of nitrogens with two attached hydrogens (primary N) is 1. The minimum absolute atomic E-state index is 0.00869. The Labute approximate surface area is 357 Å². The molecular formula is C44H65FN6O10. The number of hydrogen-bond donors (Lipinski definition) is 3. The number of carbonyl (C=O) groups is 4. The zero-order valence-electron chi connectivity index (χ0n) is 35.9. The Morgan fingerprint density at radius 2 is 1.52 bits per heavy atom. The van der Waals surface area contributed by atoms with E-state index in [1.54, 1.807) is 38.1 Å². The average molecular weight is 857 g/mol. The van der Waals surface area contributed by atoms with Crippen LogP contribution < -0.4 is 16.6 Å². The van der Waals surface area contributed by atoms with Crippen molar-refractivity contribution < 1.29 is 47.3 Å². The Balaban J connectivity index is 1.26. The lowest BCUT2D eigenvalue weighted by Gasteiger charge is -2.23. The van der Waals surface area contributed by atoms with Crippen LogP contribution in [0.25, 0.3) is 11.2 Å². The quantitative estimate of drug-likeness (QED) is 0.0366. The Morgan fingerprint density at radius 3 is 2.15 bits per heavy atom. The number of H-pyrrole nitrogens is 1. The molecule has 1 aromatic carbocycles. The van der Waals surface area contributed by atoms with Gasteiger partial charge in [-0.15, -0.1) is 0 Å². The first-order valence-corrected chi connectivity index (χ1v) is 22.0. The Hall–Kier alpha value is -5.06. The second kappa shape index (κ2) is 26.3. The molecule has 1 fully saturated rings. The van der Waals surface area contributed by atoms with Crippen molar-refractivity contribution >= 4 is 41.1 Å². The molecular weight excluding hydrogens is 792 g/mol. The van der Waals surface area contributed by atoms with Gasteiger partial charge in [0.1, 0.15) is 44.4 Å². The topological polar surface area (TPSA) is 216 Å². The maximum Gasteiger partial charge on any atom is 0.408 e. The number of hydrogen-bond acceptors (Lipinski definition) is 13. The molecule has 1 amide bonds. The highest BCUT2D eigenvalue weighted by Gasteiger charge is 2.39. The lowest BCUT2D eigenvalue weighted by Crippen LogP contribution is -2.46. The van der Waals surface area contributed by atoms with Crippen molar-refractivity contribution in [2.75, 3.05) is 18.9 Å². The van der Waals surface area contributed by atoms with E-state index in [2.05, 4.69) is 27.2 Å². The summed E-state index contributed by atoms with van der Waals surface area (Å²) in [4.78, 5) is 74.9. The van der Waals surface area contributed by atoms with Crippen LogP contribution >= 0.6 is 0 Å². The summed E-state index contributed by atoms with van der Waals surface area (Å²) < 4.78 is 44.0. The molecule has 0 spiro atoms. The van der Waals surface area contributed by atoms with E-state index in [9.17, 15) is 24.0 Å². The molecule has 338 valence electrons. The van der Waals surface area contributed by atoms with Crippen LogP contribution in [0.1, 0.15) is 142 Å². The third-order valence-electron chi connectivity index (χ3n) is 10.6. The summed E-state index contributed by atoms with van der Waals surface area (Å²) in [6.45, 7) is 4.30. The van der Waals surface area contributed by atoms with Gasteiger partial charge >= 0.3 is 24.0 Å². The lowest BCUT2D eigenvalue weighted by atomic mass is 10.0. The maximum atomic E-state index is 15.2. The van der Waals surface area contributed by atoms with Gasteiger partial charge in [-0.3, -0.25) is 19.1 Å². The van der Waals surface area contributed by atoms with E-state index in [0.717, 1.165) is 31.2 Å². The van der Waals surface area contributed by atoms with Crippen LogP contribution in [-0.4, -0.2) is 81.2 Å². The molecule has 5 atom stereocenters. The van der Waals surface area contributed by atoms with E-state index < -0.39 is 79.3 Å². The van der Waals surface area contributed by atoms with Gasteiger partial charge in [-0.05, 0) is 17.9 Å². The van der Waals surface area contributed by atoms with Crippen molar-refractivity contribution in [3.05, 3.63) is 52.6 Å². The van der Waals surface area contributed by atoms with Crippen molar-refractivity contribution in [3.63, 3.8) is 0 Å². The molecule has 0 bridgehead atoms. The molecule has 1 saturated heterocycles. The number of benzene rings is 1. The molecule has 1 aliphatic heterocycles. The summed E-state index contributed by atoms with van der Waals surface area (Å²) in [5.41, 5.74) is 5.96. The third kappa shape index (κ3) is 16.7. The fraction of sp³-hybridized carbons (Fsp3) is 0.659. The number of nitrogens with one attached hydrogen (secondary N) is 2. The molecule has 4 rings (SSSR count). The molecule has 0 radical (unpaired) electrons. The number of alkyl halides is 1. The fourth-order valence-corrected chi connectivity index (χ4v) is 7.07. The fourth-order valence-electron chi connectivity index (χ4n) is 7.07. The van der Waals surface area contributed by atoms with Gasteiger partial charge in [-0.1, -0.05) is 141 Å². The molecule has 0 saturated carbocycles. The van der Waals surface area contributed by atoms with Crippen LogP contribution in [0.2, 0.25) is 0 Å². The zero-order valence-corrected chi connectivity index (χ0v) is 35.9. The van der Waals surface area contributed by atoms with Crippen LogP contribution in [-0.2, 0) is 44.7 Å². The predicted octanol–water partition coefficient (Wildman–Crippen LogP) is 7.54. The molecule has 3 aromatic rings. The average Bonchev–Trinajstić information content (AvgIpc) is 3.84. The molecule has 0 aliphatic carbocycles. The van der Waals surface area contributed by atoms with Crippen LogP contribution in [0.4, 0.5) is 15.1 Å². The first-order chi connectivity index (χ1) is 29.5. The van der Waals surface area contributed by atoms with Crippen LogP contribution in [0, 0.1) is 5.92 Å². The highest BCUT2D eigenvalue weighted by Crippen LogP contribution is 2.32. The summed E-state index contributed by atoms with van der Waals surface area (Å²) in [5, 5.41) is 2.50. The minimum atomic E-state index is -1.68. The van der Waals surface area contributed by atoms with Crippen LogP contribution in [0.15, 0.2) is 41.5 Å². The third-order valence-corrected chi connectivity index (χ3v) is 10.6. The van der Waals surface area contributed by atoms with Crippen LogP contribution in [0.5, 0.6) is 0 Å². The minimum Gasteiger partial charge on any atom is -0.460 e. The van der Waals surface area contributed by atoms with Gasteiger partial charge in [0.05, 0.1) is 6.33 Å². The molecule has 61 heavy (non-hydrogen) atoms. The highest BCUT2D eigenvalue weighted by molar-refractivity contribution is 5.83. The summed E-state index contributed by atoms with van der Waals surface area (Å²) in [6.07, 6.45) is 12.3. The van der Waals surface area contributed by atoms with Crippen molar-refractivity contribution in [2.24, 2.45) is 5.92 Å². The number of rotatable bonds is 28. The summed E-state index contributed by atoms with van der Waals surface area (Å²) in [6, 6.07) is 7.84. The number of fused-ring (bicyclic) bond motifs is 1. The standard InChI is InChI=1S/C44H65FN6O10/c1-4-5-6-7-8-9-10-11-12-13-14-15-16-17-21-24-36(52)61-34(28-58-42(55)37(30(2)3)48-44(56)59-26-31-22-19-18-20-23-31)41(54)57-27-33-32(45)25-35(60-33)51-29-47-38-39(51)49-43(46)50-40(38)53/h18-20,22-23,29-30,32-35,37H,4-17,21,24-28H2,1-3H3,(H,48,56)(H3,46,49,50,53)/t32-,33+,34?,35+,37-/m0/s1. The predicted molar refractivity (Wildman–Crippen MR) is 226 cm³/mol. The maximum absolute atomic E-state index is 15.2. The number of esters is 3. The molecule has 2 aromatic heterocycles. The van der Waals surface area contributed by atoms with Gasteiger partial charge in [0.25, 0.3) is 5.56 Å². The van der Waals surface area contributed by atoms with Crippen molar-refractivity contribution in [3.8, 4) is 0 Å². The van der Waals surface area contributed by atoms with Gasteiger partial charge < -0.3 is 34.7 Å². The second-order valence-electron chi connectivity index (χ2n) is 16.0. The Bertz CT molecular complexity index is 1860. The van der Waals surface area contributed by atoms with E-state index in [0.29, 0.717) is 6.42 Å². The number of imidazole rings is 1. The van der Waals surface area contributed by atoms with Gasteiger partial charge in [-0.2, -0.15) is 4.98 Å². The van der Waals surface area contributed by atoms with E-state index in [4.69, 9.17) is 29.4 Å². The van der Waals surface area contributed by atoms with Crippen LogP contribution in [0.3, 0.4) is 0 Å². The van der Waals surface area contributed by atoms with E-state index in [1.165, 1.54) is 75.1 Å². The number of anilines is 1. The number of ether oxygens (including phenoxy) is 5. The summed E-state index contributed by atoms with van der Waals surface area (Å²) in [5.74, 6) is -3.26. The summed E-state index contributed by atoms with van der Waals surface area (Å²) >= 11 is 0. The highest BCUT2D eigenvalue weighted by atomic mass is 19.1. The van der Waals surface area contributed by atoms with Gasteiger partial charge in [-0.25, -0.2) is 23.8 Å². The molecule has 17 heteroatoms. The molecule has 1 unspecified atom stereocenters. The second-order valence-corrected chi connectivity index (χ2v) is 16.0. The van der Waals surface area contributed by atoms with E-state index in [-0.39, 0.29) is 36.6 Å². The van der Waals surface area contributed by atoms with Crippen molar-refractivity contribution in [2.45, 2.75) is 167 Å². The number of alkyl carbamates (subject to hydrolysis) is 1. The number of carbonyl (C=O) groups excluding carboxylic acids is 4. The molecule has 16 nitrogen and oxygen atoms in total. The van der Waals surface area contributed by atoms with Gasteiger partial charge in [0.15, 0.2) is 11.2 Å². The molecule has 1 aliphatic rings. The summed E-state index contributed by atoms with van der Waals surface area (Å²) in [7, 11) is 0. The zero-order chi connectivity index (χ0) is 44.0. The Kier molecular flexibility index (Phi) is 21.0. The number of nitrogen functional groups attached to an aromatic ring is 1. The first kappa shape index (κ1) is 48.6. The number of aromatic nitrogens is 4. The van der Waals surface area contributed by atoms with Crippen molar-refractivity contribution in [1.82, 2.24) is 24.8 Å². The number of nitrogens with zero attached hydrogens (tertiary/aromatic N) is 3. The number of aromatic amines is 1. The van der Waals surface area contributed by atoms with Crippen molar-refractivity contribution in [1.29, 1.82) is 0 Å². The lowest BCUT2D eigenvalue weighted by molar-refractivity contribution is -0.177. The molecule has 3 heterocycles. The monoisotopic (exact) mass is 856 g/mol. The SMILES string of the molecule is CCCCCCCCCCCCCCCCCC(=O)OC(COC(=O)[C@@H](NC(=O)OCc1ccccc1)C(C)C)C(=O)OC[C@H]1O[C@@H](n2cnc3c(=O)[nH]c(N)nc32)C[C@@H]1F. The first-order valence-electron chi connectivity index (χ1n) is 22.0. The Morgan fingerprint density at radius 1 is 0.902 bits per heavy atom. The smallest absolute Gasteiger partial charge is 0.408 e. The van der Waals surface area contributed by atoms with Gasteiger partial charge in [0.2, 0.25) is 12.1 Å². The number of halogens is 1. The van der Waals surface area contributed by atoms with Gasteiger partial charge in [0, 0.05) is 12.8 Å². The number of unbranched alkanes of at least 4 members (excludes halogenated alkanes) is 14.